The first-order chi connectivity index (χ1) is 12.0. The molecule has 0 saturated heterocycles. The number of aryl methyl sites for hydroxylation is 1. The lowest BCUT2D eigenvalue weighted by Crippen LogP contribution is -2.27. The predicted octanol–water partition coefficient (Wildman–Crippen LogP) is 4.84. The van der Waals surface area contributed by atoms with E-state index in [9.17, 15) is 4.79 Å². The summed E-state index contributed by atoms with van der Waals surface area (Å²) >= 11 is 12.1. The van der Waals surface area contributed by atoms with Gasteiger partial charge < -0.3 is 9.84 Å². The molecule has 3 rings (SSSR count). The molecule has 1 aromatic heterocycles. The van der Waals surface area contributed by atoms with E-state index in [1.165, 1.54) is 12.8 Å². The Kier molecular flexibility index (Phi) is 5.97. The molecule has 1 aromatic carbocycles. The van der Waals surface area contributed by atoms with E-state index >= 15 is 0 Å². The van der Waals surface area contributed by atoms with Crippen molar-refractivity contribution in [3.63, 3.8) is 0 Å². The van der Waals surface area contributed by atoms with E-state index in [0.29, 0.717) is 34.7 Å². The van der Waals surface area contributed by atoms with Crippen LogP contribution in [0.3, 0.4) is 0 Å². The van der Waals surface area contributed by atoms with Crippen LogP contribution >= 0.6 is 23.2 Å². The molecule has 1 fully saturated rings. The number of hydrogen-bond donors (Lipinski definition) is 1. The van der Waals surface area contributed by atoms with Gasteiger partial charge in [0.15, 0.2) is 5.82 Å². The number of hydrogen-bond acceptors (Lipinski definition) is 4. The van der Waals surface area contributed by atoms with Crippen molar-refractivity contribution in [1.82, 2.24) is 15.5 Å². The van der Waals surface area contributed by atoms with Gasteiger partial charge in [0.25, 0.3) is 0 Å². The number of carbonyl (C=O) groups is 1. The number of carbonyl (C=O) groups excluding carboxylic acids is 1. The zero-order valence-electron chi connectivity index (χ0n) is 14.1. The molecule has 1 aliphatic carbocycles. The summed E-state index contributed by atoms with van der Waals surface area (Å²) < 4.78 is 5.32. The predicted molar refractivity (Wildman–Crippen MR) is 96.8 cm³/mol. The number of amides is 1. The Balaban J connectivity index is 1.53. The number of halogens is 2. The molecule has 134 valence electrons. The smallest absolute Gasteiger partial charge is 0.248 e. The summed E-state index contributed by atoms with van der Waals surface area (Å²) in [6.07, 6.45) is 5.49. The molecule has 1 aliphatic rings. The van der Waals surface area contributed by atoms with Crippen LogP contribution in [0.5, 0.6) is 0 Å². The van der Waals surface area contributed by atoms with Crippen LogP contribution in [-0.2, 0) is 11.2 Å². The fourth-order valence-corrected chi connectivity index (χ4v) is 3.55. The maximum Gasteiger partial charge on any atom is 0.248 e. The number of benzene rings is 1. The van der Waals surface area contributed by atoms with Gasteiger partial charge in [0.2, 0.25) is 11.8 Å². The Labute approximate surface area is 157 Å². The van der Waals surface area contributed by atoms with Crippen LogP contribution in [0.4, 0.5) is 0 Å². The Morgan fingerprint density at radius 2 is 2.12 bits per heavy atom. The van der Waals surface area contributed by atoms with E-state index in [2.05, 4.69) is 15.5 Å². The van der Waals surface area contributed by atoms with E-state index in [1.807, 2.05) is 19.1 Å². The second kappa shape index (κ2) is 8.19. The van der Waals surface area contributed by atoms with Gasteiger partial charge in [-0.05, 0) is 37.8 Å². The van der Waals surface area contributed by atoms with Crippen LogP contribution in [0.1, 0.15) is 68.3 Å². The van der Waals surface area contributed by atoms with Gasteiger partial charge in [-0.15, -0.1) is 0 Å². The van der Waals surface area contributed by atoms with Gasteiger partial charge in [0.05, 0.1) is 10.0 Å². The summed E-state index contributed by atoms with van der Waals surface area (Å²) in [7, 11) is 0. The van der Waals surface area contributed by atoms with Crippen molar-refractivity contribution in [3.8, 4) is 0 Å². The molecular weight excluding hydrogens is 361 g/mol. The Hall–Kier alpha value is -1.59. The highest BCUT2D eigenvalue weighted by Crippen LogP contribution is 2.32. The van der Waals surface area contributed by atoms with Gasteiger partial charge in [-0.3, -0.25) is 4.79 Å². The first-order valence-electron chi connectivity index (χ1n) is 8.60. The molecule has 0 radical (unpaired) electrons. The summed E-state index contributed by atoms with van der Waals surface area (Å²) in [6, 6.07) is 5.11. The molecule has 1 amide bonds. The second-order valence-electron chi connectivity index (χ2n) is 6.47. The summed E-state index contributed by atoms with van der Waals surface area (Å²) in [5, 5.41) is 7.97. The van der Waals surface area contributed by atoms with Crippen molar-refractivity contribution >= 4 is 29.1 Å². The van der Waals surface area contributed by atoms with Crippen LogP contribution in [0.25, 0.3) is 0 Å². The summed E-state index contributed by atoms with van der Waals surface area (Å²) in [6.45, 7) is 1.84. The highest BCUT2D eigenvalue weighted by molar-refractivity contribution is 6.42. The quantitative estimate of drug-likeness (QED) is 0.776. The second-order valence-corrected chi connectivity index (χ2v) is 7.26. The molecule has 2 aromatic rings. The summed E-state index contributed by atoms with van der Waals surface area (Å²) in [4.78, 5) is 16.6. The Bertz CT molecular complexity index is 742. The lowest BCUT2D eigenvalue weighted by Gasteiger charge is -2.10. The first kappa shape index (κ1) is 18.2. The van der Waals surface area contributed by atoms with Crippen LogP contribution in [0.15, 0.2) is 22.7 Å². The van der Waals surface area contributed by atoms with E-state index in [1.54, 1.807) is 6.07 Å². The van der Waals surface area contributed by atoms with Gasteiger partial charge in [-0.2, -0.15) is 4.98 Å². The van der Waals surface area contributed by atoms with Crippen molar-refractivity contribution in [3.05, 3.63) is 45.5 Å². The molecule has 7 heteroatoms. The van der Waals surface area contributed by atoms with Crippen LogP contribution in [-0.4, -0.2) is 16.0 Å². The third-order valence-corrected chi connectivity index (χ3v) is 5.44. The summed E-state index contributed by atoms with van der Waals surface area (Å²) in [5.41, 5.74) is 0.860. The van der Waals surface area contributed by atoms with Gasteiger partial charge in [-0.25, -0.2) is 0 Å². The van der Waals surface area contributed by atoms with Crippen molar-refractivity contribution in [2.45, 2.75) is 57.4 Å². The van der Waals surface area contributed by atoms with E-state index in [4.69, 9.17) is 27.7 Å². The molecule has 0 aliphatic heterocycles. The average Bonchev–Trinajstić information content (AvgIpc) is 3.27. The molecule has 25 heavy (non-hydrogen) atoms. The number of nitrogens with one attached hydrogen (secondary N) is 1. The van der Waals surface area contributed by atoms with Crippen LogP contribution in [0.2, 0.25) is 10.0 Å². The van der Waals surface area contributed by atoms with Gasteiger partial charge in [0.1, 0.15) is 6.04 Å². The molecule has 5 nitrogen and oxygen atoms in total. The zero-order valence-corrected chi connectivity index (χ0v) is 15.6. The zero-order chi connectivity index (χ0) is 17.8. The third kappa shape index (κ3) is 4.53. The lowest BCUT2D eigenvalue weighted by molar-refractivity contribution is -0.121. The molecule has 0 spiro atoms. The standard InChI is InChI=1S/C18H21Cl2N3O2/c1-11(18-22-17(23-25-18)13-5-2-3-6-13)21-15(24)10-9-12-7-4-8-14(19)16(12)20/h4,7-8,11,13H,2-3,5-6,9-10H2,1H3,(H,21,24)/t11-/m0/s1. The van der Waals surface area contributed by atoms with Crippen molar-refractivity contribution in [1.29, 1.82) is 0 Å². The topological polar surface area (TPSA) is 68.0 Å². The summed E-state index contributed by atoms with van der Waals surface area (Å²) in [5.74, 6) is 1.52. The van der Waals surface area contributed by atoms with E-state index in [0.717, 1.165) is 24.2 Å². The number of nitrogens with zero attached hydrogens (tertiary/aromatic N) is 2. The van der Waals surface area contributed by atoms with Crippen molar-refractivity contribution in [2.75, 3.05) is 0 Å². The fourth-order valence-electron chi connectivity index (χ4n) is 3.14. The maximum absolute atomic E-state index is 12.2. The van der Waals surface area contributed by atoms with E-state index < -0.39 is 0 Å². The first-order valence-corrected chi connectivity index (χ1v) is 9.36. The van der Waals surface area contributed by atoms with Gasteiger partial charge >= 0.3 is 0 Å². The van der Waals surface area contributed by atoms with Gasteiger partial charge in [0, 0.05) is 12.3 Å². The van der Waals surface area contributed by atoms with Crippen molar-refractivity contribution in [2.24, 2.45) is 0 Å². The minimum atomic E-state index is -0.315. The lowest BCUT2D eigenvalue weighted by atomic mass is 10.1. The van der Waals surface area contributed by atoms with Crippen LogP contribution in [0, 0.1) is 0 Å². The molecule has 1 N–H and O–H groups in total. The number of rotatable bonds is 6. The van der Waals surface area contributed by atoms with Gasteiger partial charge in [-0.1, -0.05) is 53.3 Å². The van der Waals surface area contributed by atoms with E-state index in [-0.39, 0.29) is 11.9 Å². The maximum atomic E-state index is 12.2. The fraction of sp³-hybridized carbons (Fsp3) is 0.500. The molecule has 0 unspecified atom stereocenters. The minimum absolute atomic E-state index is 0.0934. The normalized spacial score (nSPS) is 16.1. The molecular formula is C18H21Cl2N3O2. The highest BCUT2D eigenvalue weighted by atomic mass is 35.5. The Morgan fingerprint density at radius 1 is 1.36 bits per heavy atom. The molecule has 1 atom stereocenters. The SMILES string of the molecule is C[C@H](NC(=O)CCc1cccc(Cl)c1Cl)c1nc(C2CCCC2)no1. The largest absolute Gasteiger partial charge is 0.345 e. The van der Waals surface area contributed by atoms with Crippen LogP contribution < -0.4 is 5.32 Å². The molecule has 0 bridgehead atoms. The third-order valence-electron chi connectivity index (χ3n) is 4.58. The molecule has 1 heterocycles. The Morgan fingerprint density at radius 3 is 2.88 bits per heavy atom. The average molecular weight is 382 g/mol. The molecule has 1 saturated carbocycles. The number of aromatic nitrogens is 2. The highest BCUT2D eigenvalue weighted by Gasteiger charge is 2.24. The minimum Gasteiger partial charge on any atom is -0.345 e. The monoisotopic (exact) mass is 381 g/mol. The van der Waals surface area contributed by atoms with Crippen molar-refractivity contribution < 1.29 is 9.32 Å².